The van der Waals surface area contributed by atoms with Crippen LogP contribution in [-0.2, 0) is 0 Å². The van der Waals surface area contributed by atoms with Crippen molar-refractivity contribution in [3.8, 4) is 5.75 Å². The van der Waals surface area contributed by atoms with Crippen LogP contribution >= 0.6 is 6.60 Å². The Labute approximate surface area is 194 Å². The Morgan fingerprint density at radius 1 is 0.364 bits per heavy atom. The molecule has 164 valence electrons. The van der Waals surface area contributed by atoms with Crippen LogP contribution in [0.2, 0.25) is 0 Å². The van der Waals surface area contributed by atoms with Gasteiger partial charge >= 0.3 is 190 Å². The first kappa shape index (κ1) is 22.5. The van der Waals surface area contributed by atoms with E-state index in [1.165, 1.54) is 21.2 Å². The summed E-state index contributed by atoms with van der Waals surface area (Å²) < 4.78 is 0. The molecule has 1 N–H and O–H groups in total. The number of aromatic hydroxyl groups is 1. The number of phenolic OH excluding ortho intramolecular Hbond substituents is 1. The molecule has 0 radical (unpaired) electrons. The van der Waals surface area contributed by atoms with Crippen LogP contribution in [-0.4, -0.2) is 5.11 Å². The third-order valence-corrected chi connectivity index (χ3v) is 13.1. The van der Waals surface area contributed by atoms with Gasteiger partial charge in [0, 0.05) is 0 Å². The molecule has 0 saturated heterocycles. The monoisotopic (exact) mass is 452 g/mol. The first-order valence-corrected chi connectivity index (χ1v) is 13.0. The zero-order valence-electron chi connectivity index (χ0n) is 18.2. The van der Waals surface area contributed by atoms with E-state index in [-0.39, 0.29) is 4.70 Å². The van der Waals surface area contributed by atoms with E-state index in [0.717, 1.165) is 5.30 Å². The Bertz CT molecular complexity index is 1150. The summed E-state index contributed by atoms with van der Waals surface area (Å²) >= 11 is 0. The van der Waals surface area contributed by atoms with Gasteiger partial charge in [-0.15, -0.1) is 0 Å². The quantitative estimate of drug-likeness (QED) is 0.371. The van der Waals surface area contributed by atoms with Crippen LogP contribution in [0.1, 0.15) is 0 Å². The molecule has 33 heavy (non-hydrogen) atoms. The molecule has 0 bridgehead atoms. The third-order valence-electron chi connectivity index (χ3n) is 6.45. The molecule has 0 spiro atoms. The summed E-state index contributed by atoms with van der Waals surface area (Å²) in [6.45, 7) is -3.56. The van der Waals surface area contributed by atoms with Gasteiger partial charge in [0.25, 0.3) is 0 Å². The van der Waals surface area contributed by atoms with Gasteiger partial charge in [-0.3, -0.25) is 4.70 Å². The maximum absolute atomic E-state index is 11.5. The second kappa shape index (κ2) is 9.02. The van der Waals surface area contributed by atoms with Crippen LogP contribution in [0.25, 0.3) is 0 Å². The fraction of sp³-hybridized carbons (Fsp3) is 0. The number of para-hydroxylation sites is 1. The Kier molecular flexibility index (Phi) is 6.14. The van der Waals surface area contributed by atoms with Crippen molar-refractivity contribution in [2.24, 2.45) is 0 Å². The van der Waals surface area contributed by atoms with Crippen LogP contribution in [0.3, 0.4) is 0 Å². The fourth-order valence-corrected chi connectivity index (χ4v) is 12.1. The van der Waals surface area contributed by atoms with Gasteiger partial charge in [0.15, 0.2) is 0 Å². The molecule has 0 aromatic heterocycles. The average Bonchev–Trinajstić information content (AvgIpc) is 2.89. The second-order valence-electron chi connectivity index (χ2n) is 7.95. The van der Waals surface area contributed by atoms with Gasteiger partial charge in [-0.1, -0.05) is 0 Å². The van der Waals surface area contributed by atoms with E-state index in [0.29, 0.717) is 5.75 Å². The maximum atomic E-state index is 11.5. The Morgan fingerprint density at radius 3 is 0.939 bits per heavy atom. The first-order valence-electron chi connectivity index (χ1n) is 10.8. The molecule has 5 rings (SSSR count). The predicted molar refractivity (Wildman–Crippen MR) is 141 cm³/mol. The van der Waals surface area contributed by atoms with Gasteiger partial charge in [-0.2, -0.15) is 0 Å². The standard InChI is InChI=1S/C30H25OP.FH/c31-29-23-13-14-24-30(29)32(25-15-5-1-6-16-25,26-17-7-2-8-18-26,27-19-9-3-10-20-27)28-21-11-4-12-22-28;/h1-24,31H;1H. The van der Waals surface area contributed by atoms with Crippen LogP contribution in [0.5, 0.6) is 5.75 Å². The van der Waals surface area contributed by atoms with Crippen molar-refractivity contribution in [2.75, 3.05) is 0 Å². The molecule has 0 heterocycles. The van der Waals surface area contributed by atoms with E-state index in [4.69, 9.17) is 0 Å². The molecule has 0 aliphatic carbocycles. The van der Waals surface area contributed by atoms with E-state index in [1.807, 2.05) is 18.2 Å². The van der Waals surface area contributed by atoms with Crippen LogP contribution < -0.4 is 26.5 Å². The number of hydrogen-bond donors (Lipinski definition) is 1. The summed E-state index contributed by atoms with van der Waals surface area (Å²) in [5.41, 5.74) is 0. The van der Waals surface area contributed by atoms with Crippen LogP contribution in [0.4, 0.5) is 4.70 Å². The summed E-state index contributed by atoms with van der Waals surface area (Å²) in [4.78, 5) is 0. The Hall–Kier alpha value is -3.74. The predicted octanol–water partition coefficient (Wildman–Crippen LogP) is 5.03. The van der Waals surface area contributed by atoms with Gasteiger partial charge in [0.1, 0.15) is 0 Å². The summed E-state index contributed by atoms with van der Waals surface area (Å²) in [5, 5.41) is 17.2. The SMILES string of the molecule is F.Oc1ccccc1P(c1ccccc1)(c1ccccc1)(c1ccccc1)c1ccccc1. The van der Waals surface area contributed by atoms with Crippen molar-refractivity contribution in [1.29, 1.82) is 0 Å². The first-order chi connectivity index (χ1) is 15.8. The van der Waals surface area contributed by atoms with Crippen molar-refractivity contribution in [3.63, 3.8) is 0 Å². The van der Waals surface area contributed by atoms with Gasteiger partial charge < -0.3 is 0 Å². The van der Waals surface area contributed by atoms with Crippen molar-refractivity contribution >= 4 is 33.1 Å². The van der Waals surface area contributed by atoms with Crippen molar-refractivity contribution < 1.29 is 9.81 Å². The van der Waals surface area contributed by atoms with E-state index < -0.39 is 6.60 Å². The van der Waals surface area contributed by atoms with Crippen molar-refractivity contribution in [2.45, 2.75) is 0 Å². The Balaban J connectivity index is 0.00000259. The van der Waals surface area contributed by atoms with Gasteiger partial charge in [0.2, 0.25) is 0 Å². The number of rotatable bonds is 5. The normalized spacial score (nSPS) is 12.2. The van der Waals surface area contributed by atoms with Gasteiger partial charge in [0.05, 0.1) is 0 Å². The molecule has 1 nitrogen and oxygen atoms in total. The summed E-state index contributed by atoms with van der Waals surface area (Å²) in [6, 6.07) is 50.7. The molecular weight excluding hydrogens is 426 g/mol. The number of hydrogen-bond acceptors (Lipinski definition) is 1. The molecular formula is C30H26FOP. The third kappa shape index (κ3) is 3.10. The molecule has 0 aliphatic heterocycles. The zero-order valence-corrected chi connectivity index (χ0v) is 19.1. The van der Waals surface area contributed by atoms with Gasteiger partial charge in [-0.05, 0) is 0 Å². The van der Waals surface area contributed by atoms with Gasteiger partial charge in [-0.25, -0.2) is 0 Å². The minimum absolute atomic E-state index is 0. The molecule has 0 atom stereocenters. The molecule has 0 unspecified atom stereocenters. The Morgan fingerprint density at radius 2 is 0.636 bits per heavy atom. The molecule has 5 aromatic carbocycles. The molecule has 0 amide bonds. The number of halogens is 1. The molecule has 3 heteroatoms. The molecule has 0 aliphatic rings. The summed E-state index contributed by atoms with van der Waals surface area (Å²) in [7, 11) is 0. The summed E-state index contributed by atoms with van der Waals surface area (Å²) in [6.07, 6.45) is 0. The molecule has 0 saturated carbocycles. The van der Waals surface area contributed by atoms with E-state index in [9.17, 15) is 5.11 Å². The second-order valence-corrected chi connectivity index (χ2v) is 12.7. The molecule has 5 aromatic rings. The number of phenols is 1. The van der Waals surface area contributed by atoms with E-state index in [2.05, 4.69) is 127 Å². The van der Waals surface area contributed by atoms with Crippen molar-refractivity contribution in [1.82, 2.24) is 0 Å². The number of benzene rings is 5. The zero-order chi connectivity index (χ0) is 21.9. The van der Waals surface area contributed by atoms with E-state index in [1.54, 1.807) is 0 Å². The topological polar surface area (TPSA) is 20.2 Å². The minimum atomic E-state index is -3.56. The summed E-state index contributed by atoms with van der Waals surface area (Å²) in [5.74, 6) is 0.311. The van der Waals surface area contributed by atoms with Crippen molar-refractivity contribution in [3.05, 3.63) is 146 Å². The van der Waals surface area contributed by atoms with Crippen LogP contribution in [0.15, 0.2) is 146 Å². The fourth-order valence-electron chi connectivity index (χ4n) is 5.20. The average molecular weight is 453 g/mol. The van der Waals surface area contributed by atoms with Crippen LogP contribution in [0, 0.1) is 0 Å². The van der Waals surface area contributed by atoms with E-state index >= 15 is 0 Å². The molecule has 0 fully saturated rings.